The van der Waals surface area contributed by atoms with E-state index >= 15 is 0 Å². The molecule has 2 aliphatic heterocycles. The second-order valence-corrected chi connectivity index (χ2v) is 8.07. The van der Waals surface area contributed by atoms with Crippen LogP contribution in [0.15, 0.2) is 34.1 Å². The Labute approximate surface area is 161 Å². The van der Waals surface area contributed by atoms with Crippen molar-refractivity contribution in [3.8, 4) is 5.88 Å². The first-order valence-electron chi connectivity index (χ1n) is 9.08. The van der Waals surface area contributed by atoms with Gasteiger partial charge in [0.1, 0.15) is 6.54 Å². The molecule has 0 spiro atoms. The molecule has 4 rings (SSSR count). The normalized spacial score (nSPS) is 18.3. The van der Waals surface area contributed by atoms with E-state index in [0.29, 0.717) is 23.9 Å². The van der Waals surface area contributed by atoms with Gasteiger partial charge in [0.2, 0.25) is 11.8 Å². The monoisotopic (exact) mass is 383 g/mol. The molecule has 2 aromatic rings. The zero-order valence-electron chi connectivity index (χ0n) is 15.1. The van der Waals surface area contributed by atoms with Gasteiger partial charge >= 0.3 is 4.87 Å². The second kappa shape index (κ2) is 7.15. The van der Waals surface area contributed by atoms with E-state index < -0.39 is 0 Å². The van der Waals surface area contributed by atoms with Crippen molar-refractivity contribution in [3.05, 3.63) is 44.4 Å². The van der Waals surface area contributed by atoms with Crippen molar-refractivity contribution >= 4 is 40.8 Å². The van der Waals surface area contributed by atoms with Gasteiger partial charge in [-0.1, -0.05) is 36.5 Å². The van der Waals surface area contributed by atoms with Crippen LogP contribution >= 0.6 is 11.3 Å². The molecule has 1 aromatic carbocycles. The number of aromatic hydroxyl groups is 1. The van der Waals surface area contributed by atoms with Crippen LogP contribution in [0.2, 0.25) is 0 Å². The van der Waals surface area contributed by atoms with Crippen LogP contribution in [0, 0.1) is 5.92 Å². The van der Waals surface area contributed by atoms with Crippen LogP contribution in [0.3, 0.4) is 0 Å². The van der Waals surface area contributed by atoms with Crippen molar-refractivity contribution in [3.63, 3.8) is 0 Å². The molecule has 1 aromatic heterocycles. The Morgan fingerprint density at radius 2 is 2.07 bits per heavy atom. The Bertz CT molecular complexity index is 994. The highest BCUT2D eigenvalue weighted by molar-refractivity contribution is 7.10. The summed E-state index contributed by atoms with van der Waals surface area (Å²) in [6.07, 6.45) is 5.43. The van der Waals surface area contributed by atoms with Gasteiger partial charge in [-0.15, -0.1) is 0 Å². The fourth-order valence-electron chi connectivity index (χ4n) is 3.44. The van der Waals surface area contributed by atoms with Gasteiger partial charge in [-0.3, -0.25) is 19.1 Å². The van der Waals surface area contributed by atoms with E-state index in [-0.39, 0.29) is 23.2 Å². The number of piperidine rings is 1. The molecular formula is C20H21N3O3S. The molecule has 6 nitrogen and oxygen atoms in total. The first-order chi connectivity index (χ1) is 13.0. The first kappa shape index (κ1) is 17.7. The van der Waals surface area contributed by atoms with E-state index in [1.54, 1.807) is 17.2 Å². The summed E-state index contributed by atoms with van der Waals surface area (Å²) in [6.45, 7) is 3.48. The predicted octanol–water partition coefficient (Wildman–Crippen LogP) is 3.13. The van der Waals surface area contributed by atoms with Crippen LogP contribution in [0.5, 0.6) is 5.88 Å². The van der Waals surface area contributed by atoms with E-state index in [1.165, 1.54) is 0 Å². The number of likely N-dealkylation sites (tertiary alicyclic amines) is 1. The maximum absolute atomic E-state index is 12.5. The van der Waals surface area contributed by atoms with Crippen molar-refractivity contribution in [2.45, 2.75) is 26.3 Å². The summed E-state index contributed by atoms with van der Waals surface area (Å²) >= 11 is 0.940. The van der Waals surface area contributed by atoms with E-state index in [2.05, 4.69) is 11.9 Å². The lowest BCUT2D eigenvalue weighted by Gasteiger charge is -2.30. The summed E-state index contributed by atoms with van der Waals surface area (Å²) in [5, 5.41) is 10.5. The fraction of sp³-hybridized carbons (Fsp3) is 0.350. The van der Waals surface area contributed by atoms with Gasteiger partial charge in [-0.05, 0) is 30.9 Å². The summed E-state index contributed by atoms with van der Waals surface area (Å²) < 4.78 is 1.16. The van der Waals surface area contributed by atoms with Crippen LogP contribution in [-0.4, -0.2) is 39.8 Å². The lowest BCUT2D eigenvalue weighted by molar-refractivity contribution is -0.133. The van der Waals surface area contributed by atoms with Crippen LogP contribution in [0.1, 0.15) is 30.2 Å². The Kier molecular flexibility index (Phi) is 4.70. The van der Waals surface area contributed by atoms with Crippen molar-refractivity contribution in [2.75, 3.05) is 13.1 Å². The number of thiazole rings is 1. The number of aliphatic imine (C=N–C) groups is 1. The maximum Gasteiger partial charge on any atom is 0.311 e. The van der Waals surface area contributed by atoms with Gasteiger partial charge in [0, 0.05) is 30.4 Å². The Morgan fingerprint density at radius 1 is 1.33 bits per heavy atom. The van der Waals surface area contributed by atoms with Crippen LogP contribution in [0.4, 0.5) is 5.69 Å². The van der Waals surface area contributed by atoms with Crippen molar-refractivity contribution in [1.29, 1.82) is 0 Å². The molecule has 7 heteroatoms. The number of nitrogens with zero attached hydrogens (tertiary/aromatic N) is 3. The zero-order valence-corrected chi connectivity index (χ0v) is 15.9. The largest absolute Gasteiger partial charge is 0.493 e. The topological polar surface area (TPSA) is 74.9 Å². The predicted molar refractivity (Wildman–Crippen MR) is 108 cm³/mol. The molecule has 0 saturated carbocycles. The molecule has 0 unspecified atom stereocenters. The molecule has 140 valence electrons. The summed E-state index contributed by atoms with van der Waals surface area (Å²) in [6, 6.07) is 7.70. The number of carbonyl (C=O) groups excluding carboxylic acids is 1. The number of hydrogen-bond acceptors (Lipinski definition) is 5. The van der Waals surface area contributed by atoms with Crippen LogP contribution in [-0.2, 0) is 11.3 Å². The Balaban J connectivity index is 1.56. The number of carbonyl (C=O) groups is 1. The molecule has 0 aliphatic carbocycles. The molecule has 0 bridgehead atoms. The Morgan fingerprint density at radius 3 is 2.85 bits per heavy atom. The number of hydrogen-bond donors (Lipinski definition) is 1. The summed E-state index contributed by atoms with van der Waals surface area (Å²) in [5.41, 5.74) is 2.66. The third-order valence-electron chi connectivity index (χ3n) is 5.17. The fourth-order valence-corrected chi connectivity index (χ4v) is 4.27. The van der Waals surface area contributed by atoms with E-state index in [1.807, 2.05) is 24.3 Å². The number of rotatable bonds is 3. The molecule has 3 heterocycles. The number of aromatic nitrogens is 1. The zero-order chi connectivity index (χ0) is 19.0. The molecule has 2 aliphatic rings. The minimum Gasteiger partial charge on any atom is -0.493 e. The van der Waals surface area contributed by atoms with Crippen molar-refractivity contribution in [1.82, 2.24) is 9.47 Å². The average molecular weight is 383 g/mol. The molecule has 0 radical (unpaired) electrons. The molecule has 1 saturated heterocycles. The molecule has 27 heavy (non-hydrogen) atoms. The average Bonchev–Trinajstić information content (AvgIpc) is 3.19. The summed E-state index contributed by atoms with van der Waals surface area (Å²) in [5.74, 6) is 0.346. The van der Waals surface area contributed by atoms with E-state index in [0.717, 1.165) is 45.6 Å². The lowest BCUT2D eigenvalue weighted by atomic mass is 9.99. The lowest BCUT2D eigenvalue weighted by Crippen LogP contribution is -2.40. The van der Waals surface area contributed by atoms with Crippen molar-refractivity contribution < 1.29 is 9.90 Å². The molecule has 1 amide bonds. The van der Waals surface area contributed by atoms with Crippen molar-refractivity contribution in [2.24, 2.45) is 10.9 Å². The number of benzene rings is 1. The summed E-state index contributed by atoms with van der Waals surface area (Å²) in [4.78, 5) is 31.1. The minimum absolute atomic E-state index is 0.121. The highest BCUT2D eigenvalue weighted by atomic mass is 32.1. The van der Waals surface area contributed by atoms with Gasteiger partial charge in [-0.25, -0.2) is 0 Å². The van der Waals surface area contributed by atoms with Gasteiger partial charge in [0.15, 0.2) is 0 Å². The number of amides is 1. The number of allylic oxidation sites excluding steroid dienone is 1. The van der Waals surface area contributed by atoms with Gasteiger partial charge < -0.3 is 10.0 Å². The third kappa shape index (κ3) is 3.47. The SMILES string of the molecule is CC1CCN(C(=O)Cn2c(O)c(C=C3C=Nc4ccccc43)sc2=O)CC1. The van der Waals surface area contributed by atoms with E-state index in [4.69, 9.17) is 0 Å². The highest BCUT2D eigenvalue weighted by Crippen LogP contribution is 2.34. The summed E-state index contributed by atoms with van der Waals surface area (Å²) in [7, 11) is 0. The standard InChI is InChI=1S/C20H21N3O3S/c1-13-6-8-22(9-7-13)18(24)12-23-19(25)17(27-20(23)26)10-14-11-21-16-5-3-2-4-15(14)16/h2-5,10-11,13,25H,6-9,12H2,1H3. The molecule has 0 atom stereocenters. The molecule has 1 fully saturated rings. The third-order valence-corrected chi connectivity index (χ3v) is 6.08. The Hall–Kier alpha value is -2.67. The highest BCUT2D eigenvalue weighted by Gasteiger charge is 2.23. The number of para-hydroxylation sites is 1. The smallest absolute Gasteiger partial charge is 0.311 e. The second-order valence-electron chi connectivity index (χ2n) is 7.08. The first-order valence-corrected chi connectivity index (χ1v) is 9.90. The maximum atomic E-state index is 12.5. The number of fused-ring (bicyclic) bond motifs is 1. The van der Waals surface area contributed by atoms with Crippen LogP contribution < -0.4 is 4.87 Å². The van der Waals surface area contributed by atoms with E-state index in [9.17, 15) is 14.7 Å². The van der Waals surface area contributed by atoms with Gasteiger partial charge in [0.25, 0.3) is 0 Å². The molecule has 1 N–H and O–H groups in total. The quantitative estimate of drug-likeness (QED) is 0.885. The molecular weight excluding hydrogens is 362 g/mol. The van der Waals surface area contributed by atoms with Gasteiger partial charge in [0.05, 0.1) is 10.6 Å². The van der Waals surface area contributed by atoms with Crippen LogP contribution in [0.25, 0.3) is 11.6 Å². The van der Waals surface area contributed by atoms with Gasteiger partial charge in [-0.2, -0.15) is 0 Å². The minimum atomic E-state index is -0.332.